The highest BCUT2D eigenvalue weighted by Crippen LogP contribution is 2.36. The van der Waals surface area contributed by atoms with Gasteiger partial charge in [0.25, 0.3) is 0 Å². The SMILES string of the molecule is CCCCCCCCCCCCCCC(=O)[C@H](O)[C@H](CO[Si](C)(C)C(C)(C)C)NC(=O)OC(C)(C)C. The molecule has 2 atom stereocenters. The first-order valence-corrected chi connectivity index (χ1v) is 17.4. The Hall–Kier alpha value is -0.923. The smallest absolute Gasteiger partial charge is 0.408 e. The van der Waals surface area contributed by atoms with E-state index in [1.54, 1.807) is 20.8 Å². The number of amides is 1. The molecule has 0 saturated heterocycles. The summed E-state index contributed by atoms with van der Waals surface area (Å²) in [5.41, 5.74) is -0.668. The van der Waals surface area contributed by atoms with Gasteiger partial charge in [0, 0.05) is 6.42 Å². The second-order valence-electron chi connectivity index (χ2n) is 12.9. The number of unbranched alkanes of at least 4 members (excludes halogenated alkanes) is 11. The number of aliphatic hydroxyl groups is 1. The zero-order valence-electron chi connectivity index (χ0n) is 25.1. The van der Waals surface area contributed by atoms with Gasteiger partial charge < -0.3 is 19.6 Å². The van der Waals surface area contributed by atoms with Crippen molar-refractivity contribution < 1.29 is 23.9 Å². The van der Waals surface area contributed by atoms with E-state index in [0.717, 1.165) is 19.3 Å². The van der Waals surface area contributed by atoms with Crippen LogP contribution in [0.25, 0.3) is 0 Å². The maximum atomic E-state index is 12.8. The fourth-order valence-electron chi connectivity index (χ4n) is 3.70. The summed E-state index contributed by atoms with van der Waals surface area (Å²) < 4.78 is 11.6. The van der Waals surface area contributed by atoms with Crippen molar-refractivity contribution in [2.45, 2.75) is 168 Å². The molecule has 0 aromatic carbocycles. The molecule has 0 unspecified atom stereocenters. The number of rotatable bonds is 19. The molecule has 0 aromatic heterocycles. The first-order chi connectivity index (χ1) is 16.6. The number of hydrogen-bond donors (Lipinski definition) is 2. The van der Waals surface area contributed by atoms with Gasteiger partial charge in [0.1, 0.15) is 11.7 Å². The molecule has 0 fully saturated rings. The van der Waals surface area contributed by atoms with Crippen molar-refractivity contribution in [1.82, 2.24) is 5.32 Å². The summed E-state index contributed by atoms with van der Waals surface area (Å²) in [6.45, 7) is 18.3. The standard InChI is InChI=1S/C29H59NO5Si/c1-10-11-12-13-14-15-16-17-18-19-20-21-22-25(31)26(32)24(30-27(33)35-28(2,3)4)23-34-36(8,9)29(5,6)7/h24,26,32H,10-23H2,1-9H3,(H,30,33)/t24-,26+/m0/s1. The zero-order valence-corrected chi connectivity index (χ0v) is 26.1. The van der Waals surface area contributed by atoms with Crippen LogP contribution in [0, 0.1) is 0 Å². The van der Waals surface area contributed by atoms with E-state index >= 15 is 0 Å². The average molecular weight is 530 g/mol. The Morgan fingerprint density at radius 2 is 1.25 bits per heavy atom. The van der Waals surface area contributed by atoms with E-state index in [1.165, 1.54) is 57.8 Å². The molecular formula is C29H59NO5Si. The van der Waals surface area contributed by atoms with Gasteiger partial charge in [-0.2, -0.15) is 0 Å². The summed E-state index contributed by atoms with van der Waals surface area (Å²) in [6.07, 6.45) is 13.0. The van der Waals surface area contributed by atoms with Crippen LogP contribution < -0.4 is 5.32 Å². The van der Waals surface area contributed by atoms with Gasteiger partial charge in [-0.05, 0) is 45.3 Å². The molecule has 6 nitrogen and oxygen atoms in total. The highest BCUT2D eigenvalue weighted by Gasteiger charge is 2.39. The Morgan fingerprint density at radius 1 is 0.806 bits per heavy atom. The summed E-state index contributed by atoms with van der Waals surface area (Å²) in [4.78, 5) is 25.2. The zero-order chi connectivity index (χ0) is 27.8. The van der Waals surface area contributed by atoms with Crippen molar-refractivity contribution in [3.8, 4) is 0 Å². The molecule has 0 aliphatic heterocycles. The lowest BCUT2D eigenvalue weighted by Crippen LogP contribution is -2.53. The average Bonchev–Trinajstić information content (AvgIpc) is 2.74. The monoisotopic (exact) mass is 529 g/mol. The fourth-order valence-corrected chi connectivity index (χ4v) is 4.73. The molecule has 7 heteroatoms. The summed E-state index contributed by atoms with van der Waals surface area (Å²) in [6, 6.07) is -0.834. The van der Waals surface area contributed by atoms with Crippen molar-refractivity contribution >= 4 is 20.2 Å². The Kier molecular flexibility index (Phi) is 17.1. The van der Waals surface area contributed by atoms with E-state index in [2.05, 4.69) is 46.1 Å². The van der Waals surface area contributed by atoms with Gasteiger partial charge in [0.2, 0.25) is 0 Å². The van der Waals surface area contributed by atoms with Crippen molar-refractivity contribution in [2.75, 3.05) is 6.61 Å². The van der Waals surface area contributed by atoms with E-state index in [4.69, 9.17) is 9.16 Å². The minimum Gasteiger partial charge on any atom is -0.444 e. The van der Waals surface area contributed by atoms with Crippen LogP contribution in [-0.2, 0) is 14.0 Å². The van der Waals surface area contributed by atoms with Crippen molar-refractivity contribution in [3.63, 3.8) is 0 Å². The maximum Gasteiger partial charge on any atom is 0.408 e. The Labute approximate surface area is 223 Å². The van der Waals surface area contributed by atoms with Crippen LogP contribution in [0.15, 0.2) is 0 Å². The van der Waals surface area contributed by atoms with Crippen LogP contribution in [0.3, 0.4) is 0 Å². The lowest BCUT2D eigenvalue weighted by molar-refractivity contribution is -0.129. The lowest BCUT2D eigenvalue weighted by atomic mass is 10.0. The number of nitrogens with one attached hydrogen (secondary N) is 1. The van der Waals surface area contributed by atoms with Crippen LogP contribution in [-0.4, -0.2) is 49.7 Å². The highest BCUT2D eigenvalue weighted by atomic mass is 28.4. The summed E-state index contributed by atoms with van der Waals surface area (Å²) in [5, 5.41) is 13.5. The van der Waals surface area contributed by atoms with E-state index in [-0.39, 0.29) is 17.4 Å². The van der Waals surface area contributed by atoms with Gasteiger partial charge in [0.05, 0.1) is 12.6 Å². The quantitative estimate of drug-likeness (QED) is 0.131. The Balaban J connectivity index is 4.55. The van der Waals surface area contributed by atoms with Crippen LogP contribution in [0.1, 0.15) is 132 Å². The van der Waals surface area contributed by atoms with Gasteiger partial charge >= 0.3 is 6.09 Å². The normalized spacial score (nSPS) is 14.4. The van der Waals surface area contributed by atoms with Gasteiger partial charge in [-0.25, -0.2) is 4.79 Å². The third-order valence-electron chi connectivity index (χ3n) is 7.12. The topological polar surface area (TPSA) is 84.9 Å². The molecule has 0 spiro atoms. The molecule has 0 aliphatic carbocycles. The number of ether oxygens (including phenoxy) is 1. The maximum absolute atomic E-state index is 12.8. The molecule has 0 aliphatic rings. The summed E-state index contributed by atoms with van der Waals surface area (Å²) >= 11 is 0. The third-order valence-corrected chi connectivity index (χ3v) is 11.6. The lowest BCUT2D eigenvalue weighted by Gasteiger charge is -2.38. The van der Waals surface area contributed by atoms with E-state index in [0.29, 0.717) is 6.42 Å². The molecule has 0 radical (unpaired) electrons. The molecular weight excluding hydrogens is 470 g/mol. The van der Waals surface area contributed by atoms with Crippen molar-refractivity contribution in [2.24, 2.45) is 0 Å². The number of Topliss-reactive ketones (excluding diaryl/α,β-unsaturated/α-hetero) is 1. The molecule has 0 bridgehead atoms. The van der Waals surface area contributed by atoms with E-state index in [1.807, 2.05) is 0 Å². The molecule has 2 N–H and O–H groups in total. The predicted octanol–water partition coefficient (Wildman–Crippen LogP) is 7.92. The molecule has 36 heavy (non-hydrogen) atoms. The molecule has 0 rings (SSSR count). The van der Waals surface area contributed by atoms with Crippen LogP contribution in [0.2, 0.25) is 18.1 Å². The van der Waals surface area contributed by atoms with Gasteiger partial charge in [-0.1, -0.05) is 98.3 Å². The summed E-state index contributed by atoms with van der Waals surface area (Å²) in [5.74, 6) is -0.248. The van der Waals surface area contributed by atoms with E-state index < -0.39 is 32.2 Å². The molecule has 214 valence electrons. The van der Waals surface area contributed by atoms with Gasteiger partial charge in [0.15, 0.2) is 14.1 Å². The number of hydrogen-bond acceptors (Lipinski definition) is 5. The molecule has 0 heterocycles. The first-order valence-electron chi connectivity index (χ1n) is 14.4. The fraction of sp³-hybridized carbons (Fsp3) is 0.931. The first kappa shape index (κ1) is 35.1. The highest BCUT2D eigenvalue weighted by molar-refractivity contribution is 6.74. The second-order valence-corrected chi connectivity index (χ2v) is 17.7. The predicted molar refractivity (Wildman–Crippen MR) is 153 cm³/mol. The Morgan fingerprint density at radius 3 is 1.67 bits per heavy atom. The third kappa shape index (κ3) is 16.7. The summed E-state index contributed by atoms with van der Waals surface area (Å²) in [7, 11) is -2.12. The van der Waals surface area contributed by atoms with Gasteiger partial charge in [-0.15, -0.1) is 0 Å². The molecule has 0 aromatic rings. The van der Waals surface area contributed by atoms with Crippen LogP contribution >= 0.6 is 0 Å². The number of alkyl carbamates (subject to hydrolysis) is 1. The number of carbonyl (C=O) groups is 2. The van der Waals surface area contributed by atoms with Crippen LogP contribution in [0.5, 0.6) is 0 Å². The Bertz CT molecular complexity index is 610. The molecule has 1 amide bonds. The number of ketones is 1. The largest absolute Gasteiger partial charge is 0.444 e. The molecule has 0 saturated carbocycles. The van der Waals surface area contributed by atoms with Gasteiger partial charge in [-0.3, -0.25) is 4.79 Å². The van der Waals surface area contributed by atoms with Crippen molar-refractivity contribution in [1.29, 1.82) is 0 Å². The number of aliphatic hydroxyl groups excluding tert-OH is 1. The van der Waals surface area contributed by atoms with Crippen LogP contribution in [0.4, 0.5) is 4.79 Å². The minimum atomic E-state index is -2.12. The minimum absolute atomic E-state index is 0.0204. The number of carbonyl (C=O) groups excluding carboxylic acids is 2. The second kappa shape index (κ2) is 17.6. The van der Waals surface area contributed by atoms with Crippen molar-refractivity contribution in [3.05, 3.63) is 0 Å². The van der Waals surface area contributed by atoms with E-state index in [9.17, 15) is 14.7 Å².